The first kappa shape index (κ1) is 28.2. The molecule has 1 N–H and O–H groups in total. The molecule has 1 aromatic heterocycles. The second kappa shape index (κ2) is 11.2. The molecule has 2 aliphatic rings. The van der Waals surface area contributed by atoms with E-state index in [0.29, 0.717) is 17.2 Å². The number of para-hydroxylation sites is 1. The number of hydrogen-bond acceptors (Lipinski definition) is 3. The summed E-state index contributed by atoms with van der Waals surface area (Å²) in [5.74, 6) is 0.219. The van der Waals surface area contributed by atoms with Crippen molar-refractivity contribution in [1.29, 1.82) is 0 Å². The monoisotopic (exact) mass is 589 g/mol. The van der Waals surface area contributed by atoms with E-state index in [4.69, 9.17) is 9.47 Å². The summed E-state index contributed by atoms with van der Waals surface area (Å²) in [5, 5.41) is 10.9. The molecule has 5 nitrogen and oxygen atoms in total. The fraction of sp³-hybridized carbons (Fsp3) is 0.289. The SMILES string of the molecule is COc1ccc(F)c(-c2ccc3c(c2-c2cccc4ccn(C)c24)CC[C@H]3Oc2cccc([C@H](C3CC3)[C@H](C)C(=O)O)c2)c1. The zero-order valence-corrected chi connectivity index (χ0v) is 25.2. The summed E-state index contributed by atoms with van der Waals surface area (Å²) in [6, 6.07) is 25.4. The number of ether oxygens (including phenoxy) is 2. The van der Waals surface area contributed by atoms with Gasteiger partial charge in [0.15, 0.2) is 0 Å². The van der Waals surface area contributed by atoms with E-state index in [2.05, 4.69) is 41.1 Å². The van der Waals surface area contributed by atoms with Crippen molar-refractivity contribution in [2.24, 2.45) is 18.9 Å². The Kier molecular flexibility index (Phi) is 7.16. The lowest BCUT2D eigenvalue weighted by Gasteiger charge is -2.23. The summed E-state index contributed by atoms with van der Waals surface area (Å²) in [4.78, 5) is 11.9. The molecule has 2 aliphatic carbocycles. The molecule has 1 saturated carbocycles. The largest absolute Gasteiger partial charge is 0.497 e. The maximum atomic E-state index is 15.5. The van der Waals surface area contributed by atoms with E-state index in [0.717, 1.165) is 75.7 Å². The van der Waals surface area contributed by atoms with Crippen LogP contribution in [0.1, 0.15) is 54.9 Å². The normalized spacial score (nSPS) is 17.3. The minimum atomic E-state index is -0.762. The van der Waals surface area contributed by atoms with E-state index in [9.17, 15) is 9.90 Å². The first-order chi connectivity index (χ1) is 21.3. The van der Waals surface area contributed by atoms with Crippen LogP contribution in [0, 0.1) is 17.7 Å². The molecule has 0 unspecified atom stereocenters. The van der Waals surface area contributed by atoms with Crippen LogP contribution in [0.15, 0.2) is 85.1 Å². The Morgan fingerprint density at radius 1 is 0.932 bits per heavy atom. The van der Waals surface area contributed by atoms with Crippen LogP contribution in [-0.2, 0) is 18.3 Å². The van der Waals surface area contributed by atoms with Gasteiger partial charge in [-0.3, -0.25) is 4.79 Å². The number of methoxy groups -OCH3 is 1. The molecule has 6 heteroatoms. The van der Waals surface area contributed by atoms with Gasteiger partial charge in [0, 0.05) is 29.8 Å². The summed E-state index contributed by atoms with van der Waals surface area (Å²) in [5.41, 5.74) is 7.79. The molecule has 0 aliphatic heterocycles. The predicted octanol–water partition coefficient (Wildman–Crippen LogP) is 8.94. The molecule has 0 spiro atoms. The number of rotatable bonds is 9. The van der Waals surface area contributed by atoms with Crippen molar-refractivity contribution >= 4 is 16.9 Å². The number of fused-ring (bicyclic) bond motifs is 2. The molecule has 44 heavy (non-hydrogen) atoms. The number of carboxylic acid groups (broad SMARTS) is 1. The predicted molar refractivity (Wildman–Crippen MR) is 171 cm³/mol. The molecular weight excluding hydrogens is 553 g/mol. The number of carboxylic acids is 1. The zero-order chi connectivity index (χ0) is 30.5. The molecule has 0 bridgehead atoms. The Hall–Kier alpha value is -4.58. The molecule has 4 aromatic carbocycles. The van der Waals surface area contributed by atoms with Crippen LogP contribution in [0.4, 0.5) is 4.39 Å². The number of nitrogens with zero attached hydrogens (tertiary/aromatic N) is 1. The average Bonchev–Trinajstić information content (AvgIpc) is 3.67. The molecule has 0 saturated heterocycles. The highest BCUT2D eigenvalue weighted by molar-refractivity contribution is 6.00. The Morgan fingerprint density at radius 2 is 1.75 bits per heavy atom. The third kappa shape index (κ3) is 4.92. The van der Waals surface area contributed by atoms with Crippen molar-refractivity contribution in [2.45, 2.75) is 44.6 Å². The van der Waals surface area contributed by atoms with Gasteiger partial charge in [0.1, 0.15) is 23.4 Å². The summed E-state index contributed by atoms with van der Waals surface area (Å²) in [7, 11) is 3.64. The van der Waals surface area contributed by atoms with E-state index >= 15 is 4.39 Å². The van der Waals surface area contributed by atoms with Crippen LogP contribution in [0.2, 0.25) is 0 Å². The van der Waals surface area contributed by atoms with Crippen LogP contribution in [0.5, 0.6) is 11.5 Å². The second-order valence-electron chi connectivity index (χ2n) is 12.3. The van der Waals surface area contributed by atoms with E-state index in [1.165, 1.54) is 6.07 Å². The highest BCUT2D eigenvalue weighted by Gasteiger charge is 2.39. The van der Waals surface area contributed by atoms with Gasteiger partial charge in [-0.2, -0.15) is 0 Å². The molecule has 0 amide bonds. The summed E-state index contributed by atoms with van der Waals surface area (Å²) in [6.07, 6.45) is 5.59. The van der Waals surface area contributed by atoms with Crippen LogP contribution >= 0.6 is 0 Å². The summed E-state index contributed by atoms with van der Waals surface area (Å²) in [6.45, 7) is 1.81. The molecule has 3 atom stereocenters. The molecule has 5 aromatic rings. The highest BCUT2D eigenvalue weighted by atomic mass is 19.1. The zero-order valence-electron chi connectivity index (χ0n) is 25.2. The number of aromatic nitrogens is 1. The van der Waals surface area contributed by atoms with Gasteiger partial charge in [-0.05, 0) is 102 Å². The number of halogens is 1. The van der Waals surface area contributed by atoms with Gasteiger partial charge < -0.3 is 19.1 Å². The molecule has 0 radical (unpaired) electrons. The van der Waals surface area contributed by atoms with Crippen LogP contribution < -0.4 is 9.47 Å². The second-order valence-corrected chi connectivity index (χ2v) is 12.3. The smallest absolute Gasteiger partial charge is 0.306 e. The number of carbonyl (C=O) groups is 1. The van der Waals surface area contributed by atoms with Crippen LogP contribution in [0.25, 0.3) is 33.2 Å². The van der Waals surface area contributed by atoms with Gasteiger partial charge in [-0.25, -0.2) is 4.39 Å². The van der Waals surface area contributed by atoms with Crippen molar-refractivity contribution in [3.05, 3.63) is 108 Å². The lowest BCUT2D eigenvalue weighted by Crippen LogP contribution is -2.20. The van der Waals surface area contributed by atoms with Crippen molar-refractivity contribution in [3.8, 4) is 33.8 Å². The maximum absolute atomic E-state index is 15.5. The number of aliphatic carboxylic acids is 1. The van der Waals surface area contributed by atoms with Gasteiger partial charge in [0.25, 0.3) is 0 Å². The van der Waals surface area contributed by atoms with E-state index in [-0.39, 0.29) is 17.8 Å². The van der Waals surface area contributed by atoms with Gasteiger partial charge in [0.05, 0.1) is 18.5 Å². The third-order valence-electron chi connectivity index (χ3n) is 9.56. The first-order valence-electron chi connectivity index (χ1n) is 15.4. The number of hydrogen-bond donors (Lipinski definition) is 1. The van der Waals surface area contributed by atoms with Gasteiger partial charge >= 0.3 is 5.97 Å². The molecule has 1 heterocycles. The Balaban J connectivity index is 1.32. The van der Waals surface area contributed by atoms with E-state index < -0.39 is 11.9 Å². The Bertz CT molecular complexity index is 1890. The van der Waals surface area contributed by atoms with Gasteiger partial charge in [0.2, 0.25) is 0 Å². The van der Waals surface area contributed by atoms with Crippen molar-refractivity contribution in [2.75, 3.05) is 7.11 Å². The van der Waals surface area contributed by atoms with Gasteiger partial charge in [-0.15, -0.1) is 0 Å². The highest BCUT2D eigenvalue weighted by Crippen LogP contribution is 2.49. The van der Waals surface area contributed by atoms with Crippen LogP contribution in [-0.4, -0.2) is 22.8 Å². The minimum absolute atomic E-state index is 0.0235. The summed E-state index contributed by atoms with van der Waals surface area (Å²) >= 11 is 0. The standard InChI is InChI=1S/C38H36FNO4/c1-22(38(41)42)35(23-10-11-23)25-7-4-8-27(20-25)44-34-17-15-29-28(34)13-14-30(32-21-26(43-3)12-16-33(32)39)36(29)31-9-5-6-24-18-19-40(2)37(24)31/h4-9,12-14,16,18-23,34-35H,10-11,15,17H2,1-3H3,(H,41,42)/t22-,34+,35-/m0/s1. The molecule has 1 fully saturated rings. The lowest BCUT2D eigenvalue weighted by atomic mass is 9.83. The quantitative estimate of drug-likeness (QED) is 0.186. The Morgan fingerprint density at radius 3 is 2.52 bits per heavy atom. The molecule has 224 valence electrons. The minimum Gasteiger partial charge on any atom is -0.497 e. The van der Waals surface area contributed by atoms with Crippen molar-refractivity contribution in [1.82, 2.24) is 4.57 Å². The van der Waals surface area contributed by atoms with E-state index in [1.807, 2.05) is 44.3 Å². The van der Waals surface area contributed by atoms with E-state index in [1.54, 1.807) is 19.2 Å². The van der Waals surface area contributed by atoms with Crippen molar-refractivity contribution in [3.63, 3.8) is 0 Å². The fourth-order valence-electron chi connectivity index (χ4n) is 7.25. The molecular formula is C38H36FNO4. The average molecular weight is 590 g/mol. The fourth-order valence-corrected chi connectivity index (χ4v) is 7.25. The van der Waals surface area contributed by atoms with Crippen LogP contribution in [0.3, 0.4) is 0 Å². The van der Waals surface area contributed by atoms with Gasteiger partial charge in [-0.1, -0.05) is 49.4 Å². The number of aryl methyl sites for hydroxylation is 1. The maximum Gasteiger partial charge on any atom is 0.306 e. The number of benzene rings is 4. The van der Waals surface area contributed by atoms with Crippen molar-refractivity contribution < 1.29 is 23.8 Å². The topological polar surface area (TPSA) is 60.7 Å². The third-order valence-corrected chi connectivity index (χ3v) is 9.56. The Labute approximate surface area is 256 Å². The lowest BCUT2D eigenvalue weighted by molar-refractivity contribution is -0.142. The first-order valence-corrected chi connectivity index (χ1v) is 15.4. The summed E-state index contributed by atoms with van der Waals surface area (Å²) < 4.78 is 29.8. The molecule has 7 rings (SSSR count).